The van der Waals surface area contributed by atoms with Crippen molar-refractivity contribution in [2.75, 3.05) is 6.26 Å². The van der Waals surface area contributed by atoms with Crippen LogP contribution in [0.15, 0.2) is 60.7 Å². The largest absolute Gasteiger partial charge is 0.121 e. The standard InChI is InChI=1S/C16H13IS3/c1-18-16-14(12-8-4-2-5-9-12)15(19-20(16)17)13-10-6-3-7-11-13/h2-11H,1H3. The molecule has 1 atom stereocenters. The van der Waals surface area contributed by atoms with Crippen LogP contribution in [0.1, 0.15) is 11.1 Å². The van der Waals surface area contributed by atoms with E-state index < -0.39 is 0 Å². The van der Waals surface area contributed by atoms with Gasteiger partial charge >= 0.3 is 0 Å². The molecular formula is C16H13IS3. The van der Waals surface area contributed by atoms with Crippen molar-refractivity contribution in [1.29, 1.82) is 0 Å². The lowest BCUT2D eigenvalue weighted by Crippen LogP contribution is -1.94. The Hall–Kier alpha value is -0.170. The maximum atomic E-state index is 2.57. The SMILES string of the molecule is CSC1=S(I)SC(c2ccccc2)=C1c1ccccc1. The summed E-state index contributed by atoms with van der Waals surface area (Å²) >= 11 is 4.45. The molecule has 2 aromatic rings. The summed E-state index contributed by atoms with van der Waals surface area (Å²) in [6.07, 6.45) is 2.19. The summed E-state index contributed by atoms with van der Waals surface area (Å²) in [7, 11) is 1.99. The third kappa shape index (κ3) is 2.89. The lowest BCUT2D eigenvalue weighted by Gasteiger charge is -2.09. The molecule has 3 rings (SSSR count). The maximum absolute atomic E-state index is 2.57. The van der Waals surface area contributed by atoms with Gasteiger partial charge in [-0.15, -0.1) is 11.8 Å². The second kappa shape index (κ2) is 6.73. The minimum absolute atomic E-state index is 0.220. The molecule has 0 radical (unpaired) electrons. The zero-order valence-electron chi connectivity index (χ0n) is 10.9. The van der Waals surface area contributed by atoms with Gasteiger partial charge in [-0.05, 0) is 24.1 Å². The highest BCUT2D eigenvalue weighted by Gasteiger charge is 2.25. The minimum atomic E-state index is 0.220. The Morgan fingerprint density at radius 1 is 0.900 bits per heavy atom. The Labute approximate surface area is 142 Å². The number of hydrogen-bond donors (Lipinski definition) is 0. The molecule has 20 heavy (non-hydrogen) atoms. The second-order valence-electron chi connectivity index (χ2n) is 4.23. The van der Waals surface area contributed by atoms with E-state index in [2.05, 4.69) is 88.1 Å². The molecule has 0 aromatic heterocycles. The molecule has 4 heteroatoms. The highest BCUT2D eigenvalue weighted by atomic mass is 127. The number of hydrogen-bond acceptors (Lipinski definition) is 2. The van der Waals surface area contributed by atoms with Crippen LogP contribution >= 0.6 is 50.4 Å². The topological polar surface area (TPSA) is 0 Å². The molecule has 1 unspecified atom stereocenters. The van der Waals surface area contributed by atoms with Crippen LogP contribution in [0.4, 0.5) is 0 Å². The van der Waals surface area contributed by atoms with Gasteiger partial charge in [0.05, 0.1) is 4.20 Å². The fourth-order valence-corrected chi connectivity index (χ4v) is 10.6. The molecule has 102 valence electrons. The molecule has 0 fully saturated rings. The van der Waals surface area contributed by atoms with Crippen molar-refractivity contribution in [1.82, 2.24) is 0 Å². The molecule has 2 aromatic carbocycles. The Morgan fingerprint density at radius 3 is 2.00 bits per heavy atom. The van der Waals surface area contributed by atoms with Crippen molar-refractivity contribution in [3.63, 3.8) is 0 Å². The van der Waals surface area contributed by atoms with Crippen LogP contribution in [-0.4, -0.2) is 10.5 Å². The van der Waals surface area contributed by atoms with Crippen LogP contribution in [0, 0.1) is 0 Å². The summed E-state index contributed by atoms with van der Waals surface area (Å²) in [4.78, 5) is 1.42. The second-order valence-corrected chi connectivity index (χ2v) is 12.7. The highest BCUT2D eigenvalue weighted by molar-refractivity contribution is 14.2. The fourth-order valence-electron chi connectivity index (χ4n) is 2.13. The Morgan fingerprint density at radius 2 is 1.45 bits per heavy atom. The van der Waals surface area contributed by atoms with E-state index in [0.29, 0.717) is 0 Å². The molecule has 0 amide bonds. The smallest absolute Gasteiger partial charge is 0.0594 e. The van der Waals surface area contributed by atoms with Gasteiger partial charge in [0.25, 0.3) is 0 Å². The first kappa shape index (κ1) is 14.8. The van der Waals surface area contributed by atoms with Gasteiger partial charge in [0, 0.05) is 31.7 Å². The van der Waals surface area contributed by atoms with Crippen LogP contribution in [0.3, 0.4) is 0 Å². The summed E-state index contributed by atoms with van der Waals surface area (Å²) in [6, 6.07) is 21.5. The maximum Gasteiger partial charge on any atom is 0.0594 e. The summed E-state index contributed by atoms with van der Waals surface area (Å²) in [5, 5.41) is 0. The molecule has 0 aliphatic carbocycles. The van der Waals surface area contributed by atoms with E-state index >= 15 is 0 Å². The molecule has 1 aliphatic rings. The van der Waals surface area contributed by atoms with Gasteiger partial charge in [0.1, 0.15) is 0 Å². The molecular weight excluding hydrogens is 415 g/mol. The van der Waals surface area contributed by atoms with Crippen LogP contribution in [0.2, 0.25) is 0 Å². The number of halogens is 1. The third-order valence-electron chi connectivity index (χ3n) is 3.02. The molecule has 0 saturated carbocycles. The van der Waals surface area contributed by atoms with Crippen molar-refractivity contribution in [3.8, 4) is 0 Å². The van der Waals surface area contributed by atoms with E-state index in [4.69, 9.17) is 0 Å². The predicted molar refractivity (Wildman–Crippen MR) is 107 cm³/mol. The molecule has 0 spiro atoms. The number of rotatable bonds is 2. The van der Waals surface area contributed by atoms with Gasteiger partial charge in [0.15, 0.2) is 0 Å². The van der Waals surface area contributed by atoms with Crippen molar-refractivity contribution < 1.29 is 0 Å². The van der Waals surface area contributed by atoms with Gasteiger partial charge in [-0.2, -0.15) is 0 Å². The Bertz CT molecular complexity index is 675. The fraction of sp³-hybridized carbons (Fsp3) is 0.0625. The van der Waals surface area contributed by atoms with Gasteiger partial charge in [0.2, 0.25) is 0 Å². The molecule has 0 N–H and O–H groups in total. The predicted octanol–water partition coefficient (Wildman–Crippen LogP) is 6.33. The van der Waals surface area contributed by atoms with E-state index in [1.54, 1.807) is 0 Å². The van der Waals surface area contributed by atoms with Crippen LogP contribution < -0.4 is 0 Å². The average molecular weight is 428 g/mol. The van der Waals surface area contributed by atoms with Crippen molar-refractivity contribution >= 4 is 65.1 Å². The quantitative estimate of drug-likeness (QED) is 0.312. The summed E-state index contributed by atoms with van der Waals surface area (Å²) in [5.41, 5.74) is 4.08. The van der Waals surface area contributed by atoms with E-state index in [9.17, 15) is 0 Å². The van der Waals surface area contributed by atoms with Crippen LogP contribution in [0.5, 0.6) is 0 Å². The monoisotopic (exact) mass is 428 g/mol. The van der Waals surface area contributed by atoms with Gasteiger partial charge in [-0.25, -0.2) is 0 Å². The van der Waals surface area contributed by atoms with E-state index in [1.807, 2.05) is 22.6 Å². The summed E-state index contributed by atoms with van der Waals surface area (Å²) in [5.74, 6) is 0. The highest BCUT2D eigenvalue weighted by Crippen LogP contribution is 2.60. The molecule has 1 heterocycles. The molecule has 1 aliphatic heterocycles. The van der Waals surface area contributed by atoms with Gasteiger partial charge in [-0.3, -0.25) is 0 Å². The molecule has 0 nitrogen and oxygen atoms in total. The van der Waals surface area contributed by atoms with Gasteiger partial charge < -0.3 is 0 Å². The normalized spacial score (nSPS) is 18.7. The lowest BCUT2D eigenvalue weighted by molar-refractivity contribution is 1.63. The van der Waals surface area contributed by atoms with E-state index in [1.165, 1.54) is 25.8 Å². The zero-order chi connectivity index (χ0) is 13.9. The van der Waals surface area contributed by atoms with E-state index in [0.717, 1.165) is 0 Å². The zero-order valence-corrected chi connectivity index (χ0v) is 15.5. The molecule has 0 saturated heterocycles. The summed E-state index contributed by atoms with van der Waals surface area (Å²) in [6.45, 7) is 0.220. The van der Waals surface area contributed by atoms with Gasteiger partial charge in [-0.1, -0.05) is 71.5 Å². The first-order chi connectivity index (χ1) is 9.81. The van der Waals surface area contributed by atoms with Crippen molar-refractivity contribution in [3.05, 3.63) is 71.8 Å². The van der Waals surface area contributed by atoms with Crippen LogP contribution in [0.25, 0.3) is 10.5 Å². The number of benzene rings is 2. The average Bonchev–Trinajstić information content (AvgIpc) is 2.85. The molecule has 0 bridgehead atoms. The Kier molecular flexibility index (Phi) is 4.96. The van der Waals surface area contributed by atoms with Crippen molar-refractivity contribution in [2.24, 2.45) is 0 Å². The van der Waals surface area contributed by atoms with E-state index in [-0.39, 0.29) is 6.69 Å². The first-order valence-electron chi connectivity index (χ1n) is 6.16. The summed E-state index contributed by atoms with van der Waals surface area (Å²) < 4.78 is 1.50. The van der Waals surface area contributed by atoms with Crippen LogP contribution in [-0.2, 0) is 0 Å². The van der Waals surface area contributed by atoms with Crippen molar-refractivity contribution in [2.45, 2.75) is 0 Å². The first-order valence-corrected chi connectivity index (χ1v) is 12.5. The lowest BCUT2D eigenvalue weighted by atomic mass is 10.0. The Balaban J connectivity index is 2.19. The third-order valence-corrected chi connectivity index (χ3v) is 11.4. The minimum Gasteiger partial charge on any atom is -0.121 e. The number of thioether (sulfide) groups is 1.